The minimum absolute atomic E-state index is 0.0142. The summed E-state index contributed by atoms with van der Waals surface area (Å²) in [7, 11) is -4.08. The number of Topliss-reactive ketones (excluding diaryl/α,β-unsaturated/α-hetero) is 2. The van der Waals surface area contributed by atoms with Gasteiger partial charge in [0, 0.05) is 118 Å². The molecule has 6 aliphatic carbocycles. The molecule has 0 radical (unpaired) electrons. The molecular formula is C107H139N7O16S3. The summed E-state index contributed by atoms with van der Waals surface area (Å²) in [5, 5.41) is 0. The minimum atomic E-state index is -3.42. The first-order valence-electron chi connectivity index (χ1n) is 49.3. The molecule has 15 atom stereocenters. The van der Waals surface area contributed by atoms with Crippen molar-refractivity contribution < 1.29 is 74.6 Å². The van der Waals surface area contributed by atoms with Crippen molar-refractivity contribution in [2.45, 2.75) is 237 Å². The van der Waals surface area contributed by atoms with E-state index in [0.717, 1.165) is 183 Å². The van der Waals surface area contributed by atoms with Crippen LogP contribution in [0.15, 0.2) is 147 Å². The van der Waals surface area contributed by atoms with Gasteiger partial charge in [0.05, 0.1) is 98.5 Å². The quantitative estimate of drug-likeness (QED) is 0.118. The summed E-state index contributed by atoms with van der Waals surface area (Å²) < 4.78 is 99.7. The van der Waals surface area contributed by atoms with Gasteiger partial charge in [0.25, 0.3) is 17.7 Å². The van der Waals surface area contributed by atoms with Gasteiger partial charge in [-0.3, -0.25) is 24.0 Å². The van der Waals surface area contributed by atoms with Gasteiger partial charge in [0.1, 0.15) is 38.7 Å². The van der Waals surface area contributed by atoms with Crippen molar-refractivity contribution in [1.29, 1.82) is 0 Å². The Morgan fingerprint density at radius 3 is 1.21 bits per heavy atom. The second-order valence-electron chi connectivity index (χ2n) is 40.0. The number of aryl methyl sites for hydroxylation is 6. The molecule has 6 bridgehead atoms. The van der Waals surface area contributed by atoms with Crippen molar-refractivity contribution >= 4 is 81.8 Å². The van der Waals surface area contributed by atoms with E-state index >= 15 is 0 Å². The molecule has 4 amide bonds. The molecule has 3 saturated carbocycles. The van der Waals surface area contributed by atoms with Crippen LogP contribution >= 0.6 is 0 Å². The number of hydrogen-bond donors (Lipinski definition) is 1. The van der Waals surface area contributed by atoms with E-state index in [1.165, 1.54) is 56.5 Å². The van der Waals surface area contributed by atoms with Gasteiger partial charge in [0.15, 0.2) is 0 Å². The van der Waals surface area contributed by atoms with Gasteiger partial charge in [-0.2, -0.15) is 8.73 Å². The van der Waals surface area contributed by atoms with Crippen LogP contribution in [0.5, 0.6) is 17.2 Å². The minimum Gasteiger partial charge on any atom is -0.490 e. The molecule has 6 aromatic rings. The molecule has 1 N–H and O–H groups in total. The molecule has 6 aromatic carbocycles. The number of carbonyl (C=O) groups is 6. The van der Waals surface area contributed by atoms with E-state index in [1.54, 1.807) is 53.2 Å². The highest BCUT2D eigenvalue weighted by Crippen LogP contribution is 2.52. The number of methoxy groups -OCH3 is 3. The number of nitrogens with zero attached hydrogens (tertiary/aromatic N) is 6. The molecule has 716 valence electrons. The summed E-state index contributed by atoms with van der Waals surface area (Å²) in [6.45, 7) is 18.4. The largest absolute Gasteiger partial charge is 0.490 e. The molecule has 23 nitrogen and oxygen atoms in total. The average molecular weight is 1880 g/mol. The lowest BCUT2D eigenvalue weighted by molar-refractivity contribution is -0.117. The molecule has 0 saturated heterocycles. The highest BCUT2D eigenvalue weighted by Gasteiger charge is 2.50. The van der Waals surface area contributed by atoms with Gasteiger partial charge in [0.2, 0.25) is 0 Å². The van der Waals surface area contributed by atoms with Crippen LogP contribution in [0.3, 0.4) is 0 Å². The molecule has 3 spiro atoms. The van der Waals surface area contributed by atoms with E-state index in [9.17, 15) is 41.4 Å². The molecule has 12 aliphatic rings. The zero-order chi connectivity index (χ0) is 93.4. The summed E-state index contributed by atoms with van der Waals surface area (Å²) in [5.74, 6) is 3.12. The number of allylic oxidation sites excluding steroid dienone is 2. The lowest BCUT2D eigenvalue weighted by Gasteiger charge is -2.46. The van der Waals surface area contributed by atoms with E-state index in [1.807, 2.05) is 43.5 Å². The Balaban J connectivity index is 0.000000145. The molecule has 26 heteroatoms. The Bertz CT molecular complexity index is 5800. The first-order valence-corrected chi connectivity index (χ1v) is 54.6. The number of carbonyl (C=O) groups excluding carboxylic acids is 6. The number of benzene rings is 6. The Labute approximate surface area is 789 Å². The van der Waals surface area contributed by atoms with Gasteiger partial charge in [-0.25, -0.2) is 22.1 Å². The van der Waals surface area contributed by atoms with Gasteiger partial charge in [-0.15, -0.1) is 4.36 Å². The van der Waals surface area contributed by atoms with Gasteiger partial charge in [-0.05, 0) is 286 Å². The number of hydrogen-bond acceptors (Lipinski definition) is 19. The van der Waals surface area contributed by atoms with Crippen molar-refractivity contribution in [3.8, 4) is 17.2 Å². The van der Waals surface area contributed by atoms with Crippen LogP contribution < -0.4 is 33.6 Å². The number of ether oxygens (including phenoxy) is 7. The van der Waals surface area contributed by atoms with Crippen molar-refractivity contribution in [3.05, 3.63) is 200 Å². The summed E-state index contributed by atoms with van der Waals surface area (Å²) in [4.78, 5) is 85.3. The molecular weight excluding hydrogens is 1740 g/mol. The first-order chi connectivity index (χ1) is 64.2. The topological polar surface area (TPSA) is 277 Å². The van der Waals surface area contributed by atoms with Crippen LogP contribution in [-0.4, -0.2) is 182 Å². The number of rotatable bonds is 11. The van der Waals surface area contributed by atoms with Crippen LogP contribution in [-0.2, 0) is 93.4 Å². The number of nitrogens with one attached hydrogen (secondary N) is 1. The second kappa shape index (κ2) is 42.3. The van der Waals surface area contributed by atoms with Gasteiger partial charge >= 0.3 is 6.09 Å². The predicted octanol–water partition coefficient (Wildman–Crippen LogP) is 19.2. The monoisotopic (exact) mass is 1870 g/mol. The van der Waals surface area contributed by atoms with E-state index in [0.29, 0.717) is 104 Å². The smallest absolute Gasteiger partial charge is 0.419 e. The molecule has 133 heavy (non-hydrogen) atoms. The summed E-state index contributed by atoms with van der Waals surface area (Å²) in [5.41, 5.74) is 15.4. The molecule has 6 heterocycles. The maximum atomic E-state index is 13.9. The molecule has 1 unspecified atom stereocenters. The van der Waals surface area contributed by atoms with E-state index < -0.39 is 53.2 Å². The number of anilines is 3. The zero-order valence-electron chi connectivity index (χ0n) is 79.6. The molecule has 0 aromatic heterocycles. The normalized spacial score (nSPS) is 30.7. The lowest BCUT2D eigenvalue weighted by Crippen LogP contribution is -2.49. The third-order valence-electron chi connectivity index (χ3n) is 30.9. The second-order valence-corrected chi connectivity index (χ2v) is 46.9. The summed E-state index contributed by atoms with van der Waals surface area (Å²) in [6.07, 6.45) is 30.6. The fraction of sp³-hybridized carbons (Fsp3) is 0.570. The van der Waals surface area contributed by atoms with Crippen LogP contribution in [0.2, 0.25) is 0 Å². The Morgan fingerprint density at radius 2 is 0.835 bits per heavy atom. The third-order valence-corrected chi connectivity index (χ3v) is 37.1. The highest BCUT2D eigenvalue weighted by molar-refractivity contribution is 7.95. The van der Waals surface area contributed by atoms with Gasteiger partial charge < -0.3 is 47.9 Å². The maximum Gasteiger partial charge on any atom is 0.419 e. The fourth-order valence-corrected chi connectivity index (χ4v) is 28.9. The summed E-state index contributed by atoms with van der Waals surface area (Å²) in [6, 6.07) is 36.9. The molecule has 3 fully saturated rings. The van der Waals surface area contributed by atoms with Crippen LogP contribution in [0.25, 0.3) is 0 Å². The highest BCUT2D eigenvalue weighted by atomic mass is 32.2. The van der Waals surface area contributed by atoms with Crippen molar-refractivity contribution in [2.24, 2.45) is 48.6 Å². The number of amides is 4. The Kier molecular flexibility index (Phi) is 30.9. The van der Waals surface area contributed by atoms with Crippen LogP contribution in [0.4, 0.5) is 21.9 Å². The first kappa shape index (κ1) is 97.0. The zero-order valence-corrected chi connectivity index (χ0v) is 82.1. The lowest BCUT2D eigenvalue weighted by atomic mass is 9.68. The van der Waals surface area contributed by atoms with Crippen molar-refractivity contribution in [1.82, 2.24) is 4.72 Å². The van der Waals surface area contributed by atoms with Crippen molar-refractivity contribution in [2.75, 3.05) is 130 Å². The number of ketones is 2. The fourth-order valence-electron chi connectivity index (χ4n) is 23.3. The molecule has 18 rings (SSSR count). The average Bonchev–Trinajstić information content (AvgIpc) is 1.69. The van der Waals surface area contributed by atoms with Crippen molar-refractivity contribution in [3.63, 3.8) is 0 Å². The Hall–Kier alpha value is -9.05. The third kappa shape index (κ3) is 22.0. The van der Waals surface area contributed by atoms with Crippen LogP contribution in [0, 0.1) is 56.3 Å². The van der Waals surface area contributed by atoms with Crippen LogP contribution in [0.1, 0.15) is 243 Å². The number of fused-ring (bicyclic) bond motifs is 12. The maximum absolute atomic E-state index is 13.9. The van der Waals surface area contributed by atoms with E-state index in [4.69, 9.17) is 33.2 Å². The van der Waals surface area contributed by atoms with E-state index in [-0.39, 0.29) is 94.3 Å². The Morgan fingerprint density at radius 1 is 0.444 bits per heavy atom. The standard InChI is InChI=1S/C36H48N2O5S.C36H46N2O5S.C35H45N3O6S/c2*1-4-29(39)22-44(41)18-7-5-6-10-33(42-3)30-14-12-28(30)21-38-23-36(17-8-9-26-19-25(2)11-15-31(26)36)24-43-34-16-13-27(20-32(34)38)35(40)37-44;1-4-43-34(40)37-45(41)18-7-5-6-10-31(42-3)28-14-12-27(28)21-38-22-35(17-8-9-25-19-24(2)11-15-29(25)35)23-44-32-16-13-26(20-30(32)38)33(39)36-45/h11,13,15-16,19-20,28,30,33H,4-10,12,14,17-18,21-24H2,1-3H3;6,10-11,13,15-16,19-20,28,30,33H,4-5,7-9,12,14,17-18,21-24H2,1-3H3;6,10-11,13,15-16,19-20,27-28,31H,4-5,7-9,12,14,17-18,21-23H2,1-3H3,(H,36,37,39,40,41)/b;2*10-6+/t28-,30+,33-,36-,44+;28-,30+,33-,36-,44-;27-,28+,31-,35-,45?/m000/s1. The van der Waals surface area contributed by atoms with E-state index in [2.05, 4.69) is 132 Å². The summed E-state index contributed by atoms with van der Waals surface area (Å²) >= 11 is 0. The SMILES string of the molecule is CCC(=O)C[S@@]1(=O)=NC(=O)c2ccc3c(c2)N(C[C@@H]2CC[C@H]2[C@@H](OC)CCCCC1)C[C@@]1(CCCc2cc(C)ccc21)CO3.CCC(=O)C[S@]1(=O)=NC(=O)c2ccc3c(c2)N(C[C@@H]2CC[C@H]2[C@@H](OC)/C=C/CCC1)C[C@@]1(CCCc2cc(C)ccc21)CO3.CCOC(=O)NS1(=O)=NC(=O)c2ccc3c(c2)N(C[C@@H]2CC[C@H]2[C@@H](OC)/C=C/CCC1)C[C@@]1(CCCc2cc(C)ccc21)CO3. The van der Waals surface area contributed by atoms with Gasteiger partial charge in [-0.1, -0.05) is 122 Å². The molecule has 6 aliphatic heterocycles. The predicted molar refractivity (Wildman–Crippen MR) is 526 cm³/mol.